The number of rotatable bonds is 2. The minimum atomic E-state index is 0.0908. The van der Waals surface area contributed by atoms with Crippen molar-refractivity contribution < 1.29 is 0 Å². The zero-order valence-electron chi connectivity index (χ0n) is 5.46. The third-order valence-corrected chi connectivity index (χ3v) is 0.951. The highest BCUT2D eigenvalue weighted by Crippen LogP contribution is 1.98. The Kier molecular flexibility index (Phi) is 3.51. The molecule has 0 bridgehead atoms. The third kappa shape index (κ3) is 2.58. The number of allylic oxidation sites excluding steroid dienone is 2. The average molecular weight is 136 g/mol. The molecule has 0 fully saturated rings. The minimum absolute atomic E-state index is 0.0908. The lowest BCUT2D eigenvalue weighted by Gasteiger charge is -1.97. The van der Waals surface area contributed by atoms with Crippen LogP contribution in [0.25, 0.3) is 0 Å². The van der Waals surface area contributed by atoms with Crippen LogP contribution in [0.2, 0.25) is 0 Å². The summed E-state index contributed by atoms with van der Waals surface area (Å²) in [5, 5.41) is 16.3. The largest absolute Gasteiger partial charge is 0.400 e. The molecular weight excluding hydrogens is 128 g/mol. The molecular formula is C6H8N4. The number of hydrogen-bond acceptors (Lipinski definition) is 4. The number of nitrogens with zero attached hydrogens (tertiary/aromatic N) is 2. The normalized spacial score (nSPS) is 11.0. The molecule has 0 aromatic rings. The van der Waals surface area contributed by atoms with Crippen LogP contribution in [-0.2, 0) is 0 Å². The third-order valence-electron chi connectivity index (χ3n) is 0.951. The van der Waals surface area contributed by atoms with Crippen LogP contribution in [0.4, 0.5) is 0 Å². The standard InChI is InChI=1S/C6H8N4/c7-3-1-5(9)6(10)2-4-8/h1-2,9-10H2. The summed E-state index contributed by atoms with van der Waals surface area (Å²) in [6, 6.07) is 3.67. The molecule has 10 heavy (non-hydrogen) atoms. The fourth-order valence-corrected chi connectivity index (χ4v) is 0.397. The maximum Gasteiger partial charge on any atom is 0.0764 e. The van der Waals surface area contributed by atoms with Crippen LogP contribution in [-0.4, -0.2) is 0 Å². The molecule has 0 rings (SSSR count). The van der Waals surface area contributed by atoms with Crippen LogP contribution >= 0.6 is 0 Å². The van der Waals surface area contributed by atoms with Gasteiger partial charge in [-0.05, 0) is 0 Å². The second kappa shape index (κ2) is 4.22. The Bertz CT molecular complexity index is 191. The number of nitriles is 2. The molecule has 0 aromatic heterocycles. The predicted molar refractivity (Wildman–Crippen MR) is 35.9 cm³/mol. The average Bonchev–Trinajstić information content (AvgIpc) is 1.89. The van der Waals surface area contributed by atoms with Gasteiger partial charge in [0.2, 0.25) is 0 Å². The zero-order chi connectivity index (χ0) is 7.98. The van der Waals surface area contributed by atoms with Crippen molar-refractivity contribution in [3.63, 3.8) is 0 Å². The molecule has 4 N–H and O–H groups in total. The van der Waals surface area contributed by atoms with Crippen LogP contribution in [0.3, 0.4) is 0 Å². The molecule has 0 aliphatic carbocycles. The Morgan fingerprint density at radius 3 is 1.50 bits per heavy atom. The lowest BCUT2D eigenvalue weighted by Crippen LogP contribution is -2.08. The van der Waals surface area contributed by atoms with Crippen molar-refractivity contribution >= 4 is 0 Å². The lowest BCUT2D eigenvalue weighted by atomic mass is 10.2. The van der Waals surface area contributed by atoms with Gasteiger partial charge >= 0.3 is 0 Å². The Balaban J connectivity index is 4.11. The molecule has 0 aromatic carbocycles. The second-order valence-electron chi connectivity index (χ2n) is 1.72. The van der Waals surface area contributed by atoms with Crippen molar-refractivity contribution in [2.45, 2.75) is 12.8 Å². The van der Waals surface area contributed by atoms with Crippen LogP contribution in [0.15, 0.2) is 11.4 Å². The van der Waals surface area contributed by atoms with Gasteiger partial charge in [0.1, 0.15) is 0 Å². The van der Waals surface area contributed by atoms with Gasteiger partial charge in [0.25, 0.3) is 0 Å². The Hall–Kier alpha value is -1.68. The van der Waals surface area contributed by atoms with Crippen molar-refractivity contribution in [1.29, 1.82) is 10.5 Å². The van der Waals surface area contributed by atoms with E-state index < -0.39 is 0 Å². The first-order valence-electron chi connectivity index (χ1n) is 2.69. The summed E-state index contributed by atoms with van der Waals surface area (Å²) in [6.07, 6.45) is 0.182. The second-order valence-corrected chi connectivity index (χ2v) is 1.72. The van der Waals surface area contributed by atoms with Gasteiger partial charge in [0.15, 0.2) is 0 Å². The van der Waals surface area contributed by atoms with Gasteiger partial charge in [0, 0.05) is 11.4 Å². The molecule has 0 amide bonds. The number of hydrogen-bond donors (Lipinski definition) is 2. The molecule has 0 heterocycles. The Morgan fingerprint density at radius 1 is 1.00 bits per heavy atom. The topological polar surface area (TPSA) is 99.6 Å². The first kappa shape index (κ1) is 8.32. The van der Waals surface area contributed by atoms with E-state index in [4.69, 9.17) is 22.0 Å². The zero-order valence-corrected chi connectivity index (χ0v) is 5.46. The van der Waals surface area contributed by atoms with Crippen LogP contribution in [0, 0.1) is 22.7 Å². The van der Waals surface area contributed by atoms with Gasteiger partial charge in [-0.15, -0.1) is 0 Å². The fraction of sp³-hybridized carbons (Fsp3) is 0.333. The minimum Gasteiger partial charge on any atom is -0.400 e. The quantitative estimate of drug-likeness (QED) is 0.555. The maximum atomic E-state index is 8.15. The van der Waals surface area contributed by atoms with Gasteiger partial charge in [-0.2, -0.15) is 10.5 Å². The van der Waals surface area contributed by atoms with E-state index in [0.29, 0.717) is 11.4 Å². The highest BCUT2D eigenvalue weighted by atomic mass is 14.7. The number of nitrogens with two attached hydrogens (primary N) is 2. The summed E-state index contributed by atoms with van der Waals surface area (Å²) in [7, 11) is 0. The summed E-state index contributed by atoms with van der Waals surface area (Å²) in [4.78, 5) is 0. The lowest BCUT2D eigenvalue weighted by molar-refractivity contribution is 1.04. The van der Waals surface area contributed by atoms with Gasteiger partial charge in [0.05, 0.1) is 25.0 Å². The van der Waals surface area contributed by atoms with E-state index >= 15 is 0 Å². The van der Waals surface area contributed by atoms with Gasteiger partial charge < -0.3 is 11.5 Å². The van der Waals surface area contributed by atoms with Crippen molar-refractivity contribution in [3.8, 4) is 12.1 Å². The van der Waals surface area contributed by atoms with Crippen molar-refractivity contribution in [2.75, 3.05) is 0 Å². The first-order chi connectivity index (χ1) is 4.72. The highest BCUT2D eigenvalue weighted by molar-refractivity contribution is 5.14. The summed E-state index contributed by atoms with van der Waals surface area (Å²) >= 11 is 0. The monoisotopic (exact) mass is 136 g/mol. The molecule has 4 nitrogen and oxygen atoms in total. The summed E-state index contributed by atoms with van der Waals surface area (Å²) in [5.41, 5.74) is 11.2. The molecule has 0 atom stereocenters. The van der Waals surface area contributed by atoms with E-state index in [1.54, 1.807) is 0 Å². The Labute approximate surface area is 59.3 Å². The van der Waals surface area contributed by atoms with Crippen LogP contribution in [0.1, 0.15) is 12.8 Å². The molecule has 0 aliphatic heterocycles. The molecule has 0 saturated heterocycles. The predicted octanol–water partition coefficient (Wildman–Crippen LogP) is -0.0572. The molecule has 0 radical (unpaired) electrons. The van der Waals surface area contributed by atoms with Crippen molar-refractivity contribution in [3.05, 3.63) is 11.4 Å². The van der Waals surface area contributed by atoms with Gasteiger partial charge in [-0.1, -0.05) is 0 Å². The van der Waals surface area contributed by atoms with Crippen LogP contribution < -0.4 is 11.5 Å². The van der Waals surface area contributed by atoms with E-state index in [2.05, 4.69) is 0 Å². The van der Waals surface area contributed by atoms with E-state index in [-0.39, 0.29) is 12.8 Å². The summed E-state index contributed by atoms with van der Waals surface area (Å²) < 4.78 is 0. The summed E-state index contributed by atoms with van der Waals surface area (Å²) in [6.45, 7) is 0. The van der Waals surface area contributed by atoms with Gasteiger partial charge in [-0.3, -0.25) is 0 Å². The van der Waals surface area contributed by atoms with E-state index in [1.165, 1.54) is 0 Å². The molecule has 52 valence electrons. The smallest absolute Gasteiger partial charge is 0.0764 e. The molecule has 4 heteroatoms. The van der Waals surface area contributed by atoms with Crippen LogP contribution in [0.5, 0.6) is 0 Å². The van der Waals surface area contributed by atoms with E-state index in [1.807, 2.05) is 12.1 Å². The van der Waals surface area contributed by atoms with Crippen molar-refractivity contribution in [1.82, 2.24) is 0 Å². The molecule has 0 unspecified atom stereocenters. The highest BCUT2D eigenvalue weighted by Gasteiger charge is 1.95. The van der Waals surface area contributed by atoms with E-state index in [0.717, 1.165) is 0 Å². The molecule has 0 spiro atoms. The Morgan fingerprint density at radius 2 is 1.30 bits per heavy atom. The SMILES string of the molecule is N#CCC(N)=C(N)CC#N. The van der Waals surface area contributed by atoms with E-state index in [9.17, 15) is 0 Å². The first-order valence-corrected chi connectivity index (χ1v) is 2.69. The maximum absolute atomic E-state index is 8.15. The molecule has 0 saturated carbocycles. The van der Waals surface area contributed by atoms with Crippen molar-refractivity contribution in [2.24, 2.45) is 11.5 Å². The molecule has 0 aliphatic rings. The fourth-order valence-electron chi connectivity index (χ4n) is 0.397. The van der Waals surface area contributed by atoms with Gasteiger partial charge in [-0.25, -0.2) is 0 Å². The summed E-state index contributed by atoms with van der Waals surface area (Å²) in [5.74, 6) is 0.